The fourth-order valence-electron chi connectivity index (χ4n) is 3.33. The molecule has 4 nitrogen and oxygen atoms in total. The maximum atomic E-state index is 12.4. The molecule has 2 N–H and O–H groups in total. The SMILES string of the molecule is Cl.Cl.O=C(NCCN1CCCCC1)c1cccc2c1CCCN2. The van der Waals surface area contributed by atoms with Crippen molar-refractivity contribution >= 4 is 36.4 Å². The van der Waals surface area contributed by atoms with Crippen LogP contribution in [0, 0.1) is 0 Å². The normalized spacial score (nSPS) is 17.0. The van der Waals surface area contributed by atoms with Gasteiger partial charge in [-0.2, -0.15) is 0 Å². The van der Waals surface area contributed by atoms with Crippen LogP contribution in [0.5, 0.6) is 0 Å². The van der Waals surface area contributed by atoms with Crippen molar-refractivity contribution in [2.75, 3.05) is 38.0 Å². The van der Waals surface area contributed by atoms with Gasteiger partial charge in [0.15, 0.2) is 0 Å². The number of anilines is 1. The monoisotopic (exact) mass is 359 g/mol. The first-order valence-corrected chi connectivity index (χ1v) is 8.21. The number of nitrogens with one attached hydrogen (secondary N) is 2. The molecular weight excluding hydrogens is 333 g/mol. The van der Waals surface area contributed by atoms with E-state index in [4.69, 9.17) is 0 Å². The number of carbonyl (C=O) groups is 1. The predicted molar refractivity (Wildman–Crippen MR) is 100 cm³/mol. The Morgan fingerprint density at radius 1 is 1.13 bits per heavy atom. The minimum Gasteiger partial charge on any atom is -0.385 e. The highest BCUT2D eigenvalue weighted by atomic mass is 35.5. The maximum Gasteiger partial charge on any atom is 0.251 e. The molecule has 3 rings (SSSR count). The number of amides is 1. The van der Waals surface area contributed by atoms with Crippen LogP contribution in [0.25, 0.3) is 0 Å². The number of benzene rings is 1. The number of halogens is 2. The number of likely N-dealkylation sites (tertiary alicyclic amines) is 1. The number of carbonyl (C=O) groups excluding carboxylic acids is 1. The lowest BCUT2D eigenvalue weighted by Crippen LogP contribution is -2.38. The number of hydrogen-bond acceptors (Lipinski definition) is 3. The summed E-state index contributed by atoms with van der Waals surface area (Å²) in [6.45, 7) is 5.09. The smallest absolute Gasteiger partial charge is 0.251 e. The Kier molecular flexibility index (Phi) is 8.74. The fraction of sp³-hybridized carbons (Fsp3) is 0.588. The summed E-state index contributed by atoms with van der Waals surface area (Å²) in [6.07, 6.45) is 6.05. The Labute approximate surface area is 151 Å². The first-order valence-electron chi connectivity index (χ1n) is 8.21. The van der Waals surface area contributed by atoms with Gasteiger partial charge in [-0.25, -0.2) is 0 Å². The summed E-state index contributed by atoms with van der Waals surface area (Å²) in [5.74, 6) is 0.0764. The molecule has 0 unspecified atom stereocenters. The molecule has 1 aromatic rings. The third-order valence-electron chi connectivity index (χ3n) is 4.50. The molecule has 2 aliphatic rings. The minimum absolute atomic E-state index is 0. The van der Waals surface area contributed by atoms with Gasteiger partial charge in [-0.1, -0.05) is 12.5 Å². The molecule has 0 radical (unpaired) electrons. The van der Waals surface area contributed by atoms with E-state index in [1.54, 1.807) is 0 Å². The minimum atomic E-state index is 0. The fourth-order valence-corrected chi connectivity index (χ4v) is 3.33. The standard InChI is InChI=1S/C17H25N3O.2ClH/c21-17(19-10-13-20-11-2-1-3-12-20)15-6-4-8-16-14(15)7-5-9-18-16;;/h4,6,8,18H,1-3,5,7,9-13H2,(H,19,21);2*1H. The van der Waals surface area contributed by atoms with Crippen molar-refractivity contribution in [2.45, 2.75) is 32.1 Å². The summed E-state index contributed by atoms with van der Waals surface area (Å²) in [5, 5.41) is 6.47. The summed E-state index contributed by atoms with van der Waals surface area (Å²) in [4.78, 5) is 14.9. The highest BCUT2D eigenvalue weighted by molar-refractivity contribution is 5.97. The average Bonchev–Trinajstić information content (AvgIpc) is 2.55. The van der Waals surface area contributed by atoms with Crippen LogP contribution in [0.2, 0.25) is 0 Å². The van der Waals surface area contributed by atoms with Gasteiger partial charge in [-0.05, 0) is 56.5 Å². The first-order chi connectivity index (χ1) is 10.3. The van der Waals surface area contributed by atoms with Crippen LogP contribution in [-0.2, 0) is 6.42 Å². The third kappa shape index (κ3) is 5.27. The molecule has 2 heterocycles. The zero-order valence-corrected chi connectivity index (χ0v) is 15.1. The van der Waals surface area contributed by atoms with Crippen molar-refractivity contribution in [3.63, 3.8) is 0 Å². The van der Waals surface area contributed by atoms with E-state index < -0.39 is 0 Å². The van der Waals surface area contributed by atoms with Gasteiger partial charge in [0, 0.05) is 30.9 Å². The largest absolute Gasteiger partial charge is 0.385 e. The molecule has 1 amide bonds. The van der Waals surface area contributed by atoms with E-state index >= 15 is 0 Å². The van der Waals surface area contributed by atoms with Crippen LogP contribution in [0.3, 0.4) is 0 Å². The van der Waals surface area contributed by atoms with E-state index in [0.717, 1.165) is 43.7 Å². The van der Waals surface area contributed by atoms with Gasteiger partial charge in [0.05, 0.1) is 0 Å². The van der Waals surface area contributed by atoms with E-state index in [0.29, 0.717) is 0 Å². The number of fused-ring (bicyclic) bond motifs is 1. The van der Waals surface area contributed by atoms with Crippen molar-refractivity contribution in [3.8, 4) is 0 Å². The van der Waals surface area contributed by atoms with E-state index in [1.165, 1.54) is 37.9 Å². The summed E-state index contributed by atoms with van der Waals surface area (Å²) in [5.41, 5.74) is 3.16. The second kappa shape index (κ2) is 10.0. The molecule has 0 saturated carbocycles. The van der Waals surface area contributed by atoms with Crippen molar-refractivity contribution in [3.05, 3.63) is 29.3 Å². The molecule has 0 aromatic heterocycles. The van der Waals surface area contributed by atoms with Crippen molar-refractivity contribution < 1.29 is 4.79 Å². The topological polar surface area (TPSA) is 44.4 Å². The summed E-state index contributed by atoms with van der Waals surface area (Å²) in [6, 6.07) is 5.98. The van der Waals surface area contributed by atoms with Gasteiger partial charge >= 0.3 is 0 Å². The van der Waals surface area contributed by atoms with Gasteiger partial charge in [0.25, 0.3) is 5.91 Å². The van der Waals surface area contributed by atoms with Crippen LogP contribution in [-0.4, -0.2) is 43.5 Å². The van der Waals surface area contributed by atoms with E-state index in [2.05, 4.69) is 21.6 Å². The number of nitrogens with zero attached hydrogens (tertiary/aromatic N) is 1. The van der Waals surface area contributed by atoms with Crippen molar-refractivity contribution in [1.29, 1.82) is 0 Å². The van der Waals surface area contributed by atoms with Crippen LogP contribution >= 0.6 is 24.8 Å². The molecule has 0 atom stereocenters. The Morgan fingerprint density at radius 3 is 2.70 bits per heavy atom. The van der Waals surface area contributed by atoms with Crippen molar-refractivity contribution in [1.82, 2.24) is 10.2 Å². The molecule has 1 fully saturated rings. The predicted octanol–water partition coefficient (Wildman–Crippen LogP) is 3.10. The molecule has 1 aromatic carbocycles. The van der Waals surface area contributed by atoms with E-state index in [-0.39, 0.29) is 30.7 Å². The molecule has 2 aliphatic heterocycles. The van der Waals surface area contributed by atoms with Gasteiger partial charge in [0.2, 0.25) is 0 Å². The Morgan fingerprint density at radius 2 is 1.91 bits per heavy atom. The third-order valence-corrected chi connectivity index (χ3v) is 4.50. The van der Waals surface area contributed by atoms with E-state index in [9.17, 15) is 4.79 Å². The molecule has 0 spiro atoms. The maximum absolute atomic E-state index is 12.4. The number of rotatable bonds is 4. The quantitative estimate of drug-likeness (QED) is 0.867. The first kappa shape index (κ1) is 20.1. The van der Waals surface area contributed by atoms with Crippen LogP contribution in [0.1, 0.15) is 41.6 Å². The molecule has 0 bridgehead atoms. The molecular formula is C17H27Cl2N3O. The Bertz CT molecular complexity index is 505. The Hall–Kier alpha value is -0.970. The lowest BCUT2D eigenvalue weighted by molar-refractivity contribution is 0.0945. The number of hydrogen-bond donors (Lipinski definition) is 2. The van der Waals surface area contributed by atoms with Crippen LogP contribution < -0.4 is 10.6 Å². The zero-order chi connectivity index (χ0) is 14.5. The van der Waals surface area contributed by atoms with Gasteiger partial charge in [0.1, 0.15) is 0 Å². The molecule has 0 aliphatic carbocycles. The second-order valence-electron chi connectivity index (χ2n) is 6.02. The summed E-state index contributed by atoms with van der Waals surface area (Å²) >= 11 is 0. The van der Waals surface area contributed by atoms with Gasteiger partial charge in [-0.3, -0.25) is 4.79 Å². The summed E-state index contributed by atoms with van der Waals surface area (Å²) < 4.78 is 0. The van der Waals surface area contributed by atoms with Crippen LogP contribution in [0.15, 0.2) is 18.2 Å². The lowest BCUT2D eigenvalue weighted by atomic mass is 9.97. The highest BCUT2D eigenvalue weighted by Gasteiger charge is 2.17. The Balaban J connectivity index is 0.00000132. The summed E-state index contributed by atoms with van der Waals surface area (Å²) in [7, 11) is 0. The zero-order valence-electron chi connectivity index (χ0n) is 13.5. The van der Waals surface area contributed by atoms with E-state index in [1.807, 2.05) is 12.1 Å². The number of piperidine rings is 1. The van der Waals surface area contributed by atoms with Crippen LogP contribution in [0.4, 0.5) is 5.69 Å². The lowest BCUT2D eigenvalue weighted by Gasteiger charge is -2.26. The molecule has 130 valence electrons. The molecule has 6 heteroatoms. The average molecular weight is 360 g/mol. The molecule has 23 heavy (non-hydrogen) atoms. The second-order valence-corrected chi connectivity index (χ2v) is 6.02. The van der Waals surface area contributed by atoms with Gasteiger partial charge in [-0.15, -0.1) is 24.8 Å². The molecule has 1 saturated heterocycles. The van der Waals surface area contributed by atoms with Gasteiger partial charge < -0.3 is 15.5 Å². The van der Waals surface area contributed by atoms with Crippen molar-refractivity contribution in [2.24, 2.45) is 0 Å². The highest BCUT2D eigenvalue weighted by Crippen LogP contribution is 2.25.